The van der Waals surface area contributed by atoms with Crippen LogP contribution in [0.5, 0.6) is 0 Å². The normalized spacial score (nSPS) is 12.0. The zero-order valence-electron chi connectivity index (χ0n) is 8.49. The molecule has 0 spiro atoms. The molecule has 4 heteroatoms. The standard InChI is InChI=1S/C10H13FN2O/c1-10(2,3)14-13-7-8-4-5-9(11)12-6-8/h4-7H,1-3H3/b13-7+. The number of hydrogen-bond donors (Lipinski definition) is 0. The third-order valence-corrected chi connectivity index (χ3v) is 1.28. The Hall–Kier alpha value is -1.45. The van der Waals surface area contributed by atoms with E-state index in [1.807, 2.05) is 20.8 Å². The lowest BCUT2D eigenvalue weighted by molar-refractivity contribution is 0.00199. The lowest BCUT2D eigenvalue weighted by atomic mass is 10.2. The molecule has 1 aromatic heterocycles. The van der Waals surface area contributed by atoms with Gasteiger partial charge < -0.3 is 4.84 Å². The fraction of sp³-hybridized carbons (Fsp3) is 0.400. The highest BCUT2D eigenvalue weighted by molar-refractivity contribution is 5.78. The first-order valence-corrected chi connectivity index (χ1v) is 4.30. The van der Waals surface area contributed by atoms with E-state index in [1.165, 1.54) is 18.5 Å². The second-order valence-electron chi connectivity index (χ2n) is 3.85. The third-order valence-electron chi connectivity index (χ3n) is 1.28. The van der Waals surface area contributed by atoms with Crippen molar-refractivity contribution in [2.24, 2.45) is 5.16 Å². The van der Waals surface area contributed by atoms with Gasteiger partial charge in [-0.25, -0.2) is 4.98 Å². The molecule has 0 aliphatic heterocycles. The lowest BCUT2D eigenvalue weighted by Gasteiger charge is -2.14. The fourth-order valence-electron chi connectivity index (χ4n) is 0.709. The van der Waals surface area contributed by atoms with Crippen molar-refractivity contribution < 1.29 is 9.23 Å². The van der Waals surface area contributed by atoms with Crippen molar-refractivity contribution in [3.63, 3.8) is 0 Å². The quantitative estimate of drug-likeness (QED) is 0.413. The summed E-state index contributed by atoms with van der Waals surface area (Å²) in [6.45, 7) is 5.69. The van der Waals surface area contributed by atoms with Gasteiger partial charge in [-0.2, -0.15) is 4.39 Å². The molecule has 0 saturated carbocycles. The summed E-state index contributed by atoms with van der Waals surface area (Å²) in [4.78, 5) is 8.59. The Bertz CT molecular complexity index is 314. The van der Waals surface area contributed by atoms with Gasteiger partial charge >= 0.3 is 0 Å². The van der Waals surface area contributed by atoms with Crippen molar-refractivity contribution in [2.75, 3.05) is 0 Å². The number of rotatable bonds is 2. The predicted molar refractivity (Wildman–Crippen MR) is 52.6 cm³/mol. The molecule has 0 bridgehead atoms. The Morgan fingerprint density at radius 1 is 1.43 bits per heavy atom. The number of pyridine rings is 1. The van der Waals surface area contributed by atoms with E-state index < -0.39 is 5.95 Å². The van der Waals surface area contributed by atoms with Gasteiger partial charge in [-0.3, -0.25) is 0 Å². The van der Waals surface area contributed by atoms with E-state index in [9.17, 15) is 4.39 Å². The van der Waals surface area contributed by atoms with Crippen molar-refractivity contribution >= 4 is 6.21 Å². The zero-order valence-corrected chi connectivity index (χ0v) is 8.49. The zero-order chi connectivity index (χ0) is 10.6. The summed E-state index contributed by atoms with van der Waals surface area (Å²) in [6, 6.07) is 2.86. The summed E-state index contributed by atoms with van der Waals surface area (Å²) in [5, 5.41) is 3.76. The van der Waals surface area contributed by atoms with Gasteiger partial charge in [0, 0.05) is 11.8 Å². The maximum atomic E-state index is 12.4. The summed E-state index contributed by atoms with van der Waals surface area (Å²) in [5.74, 6) is -0.501. The molecule has 3 nitrogen and oxygen atoms in total. The molecule has 0 aliphatic rings. The topological polar surface area (TPSA) is 34.5 Å². The molecule has 0 amide bonds. The van der Waals surface area contributed by atoms with Gasteiger partial charge in [-0.05, 0) is 32.9 Å². The molecule has 0 radical (unpaired) electrons. The number of halogens is 1. The van der Waals surface area contributed by atoms with Crippen molar-refractivity contribution in [1.29, 1.82) is 0 Å². The molecule has 1 aromatic rings. The van der Waals surface area contributed by atoms with Gasteiger partial charge in [0.05, 0.1) is 6.21 Å². The van der Waals surface area contributed by atoms with Crippen LogP contribution in [-0.4, -0.2) is 16.8 Å². The first-order chi connectivity index (χ1) is 6.47. The Balaban J connectivity index is 2.57. The van der Waals surface area contributed by atoms with Crippen LogP contribution < -0.4 is 0 Å². The fourth-order valence-corrected chi connectivity index (χ4v) is 0.709. The molecule has 0 fully saturated rings. The van der Waals surface area contributed by atoms with Crippen LogP contribution in [0, 0.1) is 5.95 Å². The van der Waals surface area contributed by atoms with E-state index in [1.54, 1.807) is 6.07 Å². The van der Waals surface area contributed by atoms with Gasteiger partial charge in [0.25, 0.3) is 0 Å². The molecule has 14 heavy (non-hydrogen) atoms. The van der Waals surface area contributed by atoms with E-state index in [-0.39, 0.29) is 5.60 Å². The molecule has 0 N–H and O–H groups in total. The third kappa shape index (κ3) is 3.98. The minimum Gasteiger partial charge on any atom is -0.390 e. The SMILES string of the molecule is CC(C)(C)O/N=C/c1ccc(F)nc1. The Morgan fingerprint density at radius 3 is 2.64 bits per heavy atom. The summed E-state index contributed by atoms with van der Waals surface area (Å²) in [5.41, 5.74) is 0.389. The number of oxime groups is 1. The largest absolute Gasteiger partial charge is 0.390 e. The summed E-state index contributed by atoms with van der Waals surface area (Å²) >= 11 is 0. The van der Waals surface area contributed by atoms with Crippen LogP contribution in [0.4, 0.5) is 4.39 Å². The van der Waals surface area contributed by atoms with E-state index >= 15 is 0 Å². The molecular weight excluding hydrogens is 183 g/mol. The summed E-state index contributed by atoms with van der Waals surface area (Å²) in [6.07, 6.45) is 2.89. The van der Waals surface area contributed by atoms with Crippen LogP contribution in [0.25, 0.3) is 0 Å². The van der Waals surface area contributed by atoms with Crippen molar-refractivity contribution in [1.82, 2.24) is 4.98 Å². The van der Waals surface area contributed by atoms with Gasteiger partial charge in [0.2, 0.25) is 5.95 Å². The van der Waals surface area contributed by atoms with Crippen molar-refractivity contribution in [2.45, 2.75) is 26.4 Å². The Kier molecular flexibility index (Phi) is 3.17. The minimum absolute atomic E-state index is 0.316. The van der Waals surface area contributed by atoms with E-state index in [0.29, 0.717) is 5.56 Å². The second-order valence-corrected chi connectivity index (χ2v) is 3.85. The first kappa shape index (κ1) is 10.6. The van der Waals surface area contributed by atoms with Gasteiger partial charge in [-0.15, -0.1) is 0 Å². The van der Waals surface area contributed by atoms with Crippen molar-refractivity contribution in [3.05, 3.63) is 29.8 Å². The van der Waals surface area contributed by atoms with Crippen LogP contribution in [0.2, 0.25) is 0 Å². The minimum atomic E-state index is -0.501. The van der Waals surface area contributed by atoms with Gasteiger partial charge in [-0.1, -0.05) is 5.16 Å². The highest BCUT2D eigenvalue weighted by Gasteiger charge is 2.09. The molecule has 0 aliphatic carbocycles. The average Bonchev–Trinajstić information content (AvgIpc) is 2.06. The maximum Gasteiger partial charge on any atom is 0.212 e. The van der Waals surface area contributed by atoms with E-state index in [2.05, 4.69) is 10.1 Å². The predicted octanol–water partition coefficient (Wildman–Crippen LogP) is 2.37. The Labute approximate surface area is 82.6 Å². The van der Waals surface area contributed by atoms with Crippen LogP contribution in [0.15, 0.2) is 23.5 Å². The number of nitrogens with zero attached hydrogens (tertiary/aromatic N) is 2. The molecule has 0 saturated heterocycles. The van der Waals surface area contributed by atoms with Gasteiger partial charge in [0.1, 0.15) is 5.60 Å². The monoisotopic (exact) mass is 196 g/mol. The summed E-state index contributed by atoms with van der Waals surface area (Å²) < 4.78 is 12.4. The summed E-state index contributed by atoms with van der Waals surface area (Å²) in [7, 11) is 0. The highest BCUT2D eigenvalue weighted by Crippen LogP contribution is 2.06. The van der Waals surface area contributed by atoms with E-state index in [4.69, 9.17) is 4.84 Å². The van der Waals surface area contributed by atoms with E-state index in [0.717, 1.165) is 0 Å². The second kappa shape index (κ2) is 4.17. The first-order valence-electron chi connectivity index (χ1n) is 4.30. The highest BCUT2D eigenvalue weighted by atomic mass is 19.1. The molecule has 0 unspecified atom stereocenters. The molecular formula is C10H13FN2O. The van der Waals surface area contributed by atoms with Crippen molar-refractivity contribution in [3.8, 4) is 0 Å². The van der Waals surface area contributed by atoms with Crippen LogP contribution >= 0.6 is 0 Å². The van der Waals surface area contributed by atoms with Crippen LogP contribution in [0.1, 0.15) is 26.3 Å². The molecule has 76 valence electrons. The average molecular weight is 196 g/mol. The lowest BCUT2D eigenvalue weighted by Crippen LogP contribution is -2.15. The number of hydrogen-bond acceptors (Lipinski definition) is 3. The molecule has 1 heterocycles. The molecule has 0 aromatic carbocycles. The smallest absolute Gasteiger partial charge is 0.212 e. The molecule has 1 rings (SSSR count). The number of aromatic nitrogens is 1. The molecule has 0 atom stereocenters. The van der Waals surface area contributed by atoms with Gasteiger partial charge in [0.15, 0.2) is 0 Å². The van der Waals surface area contributed by atoms with Crippen LogP contribution in [-0.2, 0) is 4.84 Å². The Morgan fingerprint density at radius 2 is 2.14 bits per heavy atom. The maximum absolute atomic E-state index is 12.4. The van der Waals surface area contributed by atoms with Crippen LogP contribution in [0.3, 0.4) is 0 Å².